The first-order chi connectivity index (χ1) is 16.1. The third-order valence-electron chi connectivity index (χ3n) is 6.41. The Morgan fingerprint density at radius 3 is 2.74 bits per heavy atom. The molecule has 2 atom stereocenters. The maximum atomic E-state index is 14.8. The quantitative estimate of drug-likeness (QED) is 0.523. The molecule has 2 unspecified atom stereocenters. The third-order valence-corrected chi connectivity index (χ3v) is 6.41. The van der Waals surface area contributed by atoms with Crippen molar-refractivity contribution in [2.45, 2.75) is 37.8 Å². The molecule has 0 spiro atoms. The minimum absolute atomic E-state index is 0. The van der Waals surface area contributed by atoms with Gasteiger partial charge in [-0.25, -0.2) is 9.37 Å². The lowest BCUT2D eigenvalue weighted by molar-refractivity contribution is 0.135. The second-order valence-corrected chi connectivity index (χ2v) is 8.55. The highest BCUT2D eigenvalue weighted by Crippen LogP contribution is 2.31. The molecule has 2 N–H and O–H groups in total. The lowest BCUT2D eigenvalue weighted by atomic mass is 9.93. The van der Waals surface area contributed by atoms with Gasteiger partial charge in [0.25, 0.3) is 0 Å². The van der Waals surface area contributed by atoms with Crippen molar-refractivity contribution in [3.8, 4) is 17.4 Å². The summed E-state index contributed by atoms with van der Waals surface area (Å²) in [5, 5.41) is 0. The van der Waals surface area contributed by atoms with E-state index in [9.17, 15) is 4.39 Å². The maximum absolute atomic E-state index is 14.8. The summed E-state index contributed by atoms with van der Waals surface area (Å²) in [6.07, 6.45) is 6.04. The molecular formula is C24H30Cl2FN5O3. The third kappa shape index (κ3) is 6.03. The average Bonchev–Trinajstić information content (AvgIpc) is 2.84. The maximum Gasteiger partial charge on any atom is 0.213 e. The minimum atomic E-state index is -0.345. The second kappa shape index (κ2) is 12.0. The van der Waals surface area contributed by atoms with Gasteiger partial charge in [-0.2, -0.15) is 0 Å². The Balaban J connectivity index is 0.00000171. The highest BCUT2D eigenvalue weighted by molar-refractivity contribution is 5.85. The van der Waals surface area contributed by atoms with E-state index in [-0.39, 0.29) is 42.7 Å². The predicted molar refractivity (Wildman–Crippen MR) is 136 cm³/mol. The monoisotopic (exact) mass is 525 g/mol. The molecule has 0 radical (unpaired) electrons. The second-order valence-electron chi connectivity index (χ2n) is 8.55. The number of aromatic nitrogens is 3. The summed E-state index contributed by atoms with van der Waals surface area (Å²) in [6, 6.07) is 5.86. The minimum Gasteiger partial charge on any atom is -0.486 e. The molecule has 0 amide bonds. The van der Waals surface area contributed by atoms with E-state index in [1.54, 1.807) is 25.4 Å². The van der Waals surface area contributed by atoms with Gasteiger partial charge in [0.05, 0.1) is 30.5 Å². The number of hydrogen-bond donors (Lipinski definition) is 1. The van der Waals surface area contributed by atoms with Gasteiger partial charge in [-0.05, 0) is 31.9 Å². The van der Waals surface area contributed by atoms with Crippen molar-refractivity contribution in [1.82, 2.24) is 19.9 Å². The van der Waals surface area contributed by atoms with E-state index < -0.39 is 0 Å². The first kappa shape index (κ1) is 27.1. The molecule has 5 rings (SSSR count). The SMILES string of the molecule is COc1ccc2ncc(F)c(CCN3CCC(N)CC3Cc3cc4c(cn3)OCCO4)c2n1.Cl.Cl. The van der Waals surface area contributed by atoms with E-state index >= 15 is 0 Å². The molecule has 0 aliphatic carbocycles. The van der Waals surface area contributed by atoms with Gasteiger partial charge in [-0.3, -0.25) is 14.9 Å². The fraction of sp³-hybridized carbons (Fsp3) is 0.458. The highest BCUT2D eigenvalue weighted by atomic mass is 35.5. The molecule has 2 aliphatic rings. The van der Waals surface area contributed by atoms with Crippen LogP contribution in [-0.4, -0.2) is 65.3 Å². The standard InChI is InChI=1S/C24H28FN5O3.2ClH/c1-31-23-3-2-20-24(29-23)18(19(25)13-28-20)5-7-30-6-4-15(26)10-17(30)11-16-12-21-22(14-27-16)33-9-8-32-21;;/h2-3,12-15,17H,4-11,26H2,1H3;2*1H. The number of rotatable bonds is 6. The summed E-state index contributed by atoms with van der Waals surface area (Å²) in [6.45, 7) is 2.63. The number of methoxy groups -OCH3 is 1. The number of nitrogens with two attached hydrogens (primary N) is 1. The smallest absolute Gasteiger partial charge is 0.213 e. The van der Waals surface area contributed by atoms with E-state index in [0.29, 0.717) is 54.4 Å². The molecule has 8 nitrogen and oxygen atoms in total. The van der Waals surface area contributed by atoms with Crippen LogP contribution < -0.4 is 19.9 Å². The van der Waals surface area contributed by atoms with E-state index in [1.807, 2.05) is 6.07 Å². The summed E-state index contributed by atoms with van der Waals surface area (Å²) in [5.74, 6) is 1.53. The average molecular weight is 526 g/mol. The Morgan fingerprint density at radius 1 is 1.14 bits per heavy atom. The summed E-state index contributed by atoms with van der Waals surface area (Å²) in [4.78, 5) is 15.6. The van der Waals surface area contributed by atoms with Crippen LogP contribution in [0.2, 0.25) is 0 Å². The topological polar surface area (TPSA) is 95.6 Å². The number of nitrogens with zero attached hydrogens (tertiary/aromatic N) is 4. The van der Waals surface area contributed by atoms with Crippen molar-refractivity contribution in [1.29, 1.82) is 0 Å². The van der Waals surface area contributed by atoms with Crippen molar-refractivity contribution in [2.75, 3.05) is 33.4 Å². The number of ether oxygens (including phenoxy) is 3. The zero-order valence-electron chi connectivity index (χ0n) is 19.5. The molecule has 190 valence electrons. The number of halogens is 3. The van der Waals surface area contributed by atoms with E-state index in [2.05, 4.69) is 19.9 Å². The molecule has 0 aromatic carbocycles. The predicted octanol–water partition coefficient (Wildman–Crippen LogP) is 3.36. The van der Waals surface area contributed by atoms with E-state index in [4.69, 9.17) is 19.9 Å². The van der Waals surface area contributed by atoms with Crippen molar-refractivity contribution in [3.63, 3.8) is 0 Å². The molecule has 1 fully saturated rings. The van der Waals surface area contributed by atoms with Crippen molar-refractivity contribution in [3.05, 3.63) is 47.7 Å². The van der Waals surface area contributed by atoms with Gasteiger partial charge >= 0.3 is 0 Å². The number of piperidine rings is 1. The summed E-state index contributed by atoms with van der Waals surface area (Å²) in [5.41, 5.74) is 9.01. The van der Waals surface area contributed by atoms with Crippen LogP contribution in [0.5, 0.6) is 17.4 Å². The Kier molecular flexibility index (Phi) is 9.29. The normalized spacial score (nSPS) is 19.5. The molecular weight excluding hydrogens is 496 g/mol. The van der Waals surface area contributed by atoms with Gasteiger partial charge in [-0.15, -0.1) is 24.8 Å². The number of pyridine rings is 3. The molecule has 0 bridgehead atoms. The molecule has 1 saturated heterocycles. The van der Waals surface area contributed by atoms with Crippen LogP contribution in [0, 0.1) is 5.82 Å². The molecule has 11 heteroatoms. The van der Waals surface area contributed by atoms with Gasteiger partial charge in [0.2, 0.25) is 5.88 Å². The molecule has 3 aromatic rings. The van der Waals surface area contributed by atoms with Gasteiger partial charge in [0, 0.05) is 48.4 Å². The first-order valence-corrected chi connectivity index (χ1v) is 11.3. The van der Waals surface area contributed by atoms with Crippen molar-refractivity contribution in [2.24, 2.45) is 5.73 Å². The van der Waals surface area contributed by atoms with Gasteiger partial charge in [0.1, 0.15) is 19.0 Å². The van der Waals surface area contributed by atoms with Crippen LogP contribution in [-0.2, 0) is 12.8 Å². The van der Waals surface area contributed by atoms with E-state index in [0.717, 1.165) is 37.3 Å². The highest BCUT2D eigenvalue weighted by Gasteiger charge is 2.28. The van der Waals surface area contributed by atoms with Crippen LogP contribution in [0.1, 0.15) is 24.1 Å². The molecule has 35 heavy (non-hydrogen) atoms. The Hall–Kier alpha value is -2.46. The van der Waals surface area contributed by atoms with E-state index in [1.165, 1.54) is 6.20 Å². The summed E-state index contributed by atoms with van der Waals surface area (Å²) >= 11 is 0. The number of hydrogen-bond acceptors (Lipinski definition) is 8. The Labute approximate surface area is 216 Å². The first-order valence-electron chi connectivity index (χ1n) is 11.3. The van der Waals surface area contributed by atoms with Gasteiger partial charge in [0.15, 0.2) is 11.5 Å². The lowest BCUT2D eigenvalue weighted by Crippen LogP contribution is -2.48. The van der Waals surface area contributed by atoms with Crippen LogP contribution in [0.25, 0.3) is 11.0 Å². The fourth-order valence-corrected chi connectivity index (χ4v) is 4.66. The summed E-state index contributed by atoms with van der Waals surface area (Å²) in [7, 11) is 1.55. The Morgan fingerprint density at radius 2 is 1.94 bits per heavy atom. The lowest BCUT2D eigenvalue weighted by Gasteiger charge is -2.38. The fourth-order valence-electron chi connectivity index (χ4n) is 4.66. The zero-order valence-corrected chi connectivity index (χ0v) is 21.1. The number of fused-ring (bicyclic) bond motifs is 2. The number of likely N-dealkylation sites (tertiary alicyclic amines) is 1. The molecule has 5 heterocycles. The van der Waals surface area contributed by atoms with Crippen LogP contribution in [0.15, 0.2) is 30.6 Å². The van der Waals surface area contributed by atoms with Crippen LogP contribution >= 0.6 is 24.8 Å². The zero-order chi connectivity index (χ0) is 22.8. The summed E-state index contributed by atoms with van der Waals surface area (Å²) < 4.78 is 31.3. The van der Waals surface area contributed by atoms with Gasteiger partial charge < -0.3 is 19.9 Å². The van der Waals surface area contributed by atoms with Crippen molar-refractivity contribution >= 4 is 35.8 Å². The van der Waals surface area contributed by atoms with Gasteiger partial charge in [-0.1, -0.05) is 0 Å². The van der Waals surface area contributed by atoms with Crippen molar-refractivity contribution < 1.29 is 18.6 Å². The molecule has 3 aromatic heterocycles. The molecule has 2 aliphatic heterocycles. The van der Waals surface area contributed by atoms with Crippen LogP contribution in [0.3, 0.4) is 0 Å². The Bertz CT molecular complexity index is 1160. The largest absolute Gasteiger partial charge is 0.486 e. The molecule has 0 saturated carbocycles. The van der Waals surface area contributed by atoms with Crippen LogP contribution in [0.4, 0.5) is 4.39 Å².